The van der Waals surface area contributed by atoms with Gasteiger partial charge >= 0.3 is 6.61 Å². The number of hydrogen-bond donors (Lipinski definition) is 2. The number of rotatable bonds is 8. The first-order chi connectivity index (χ1) is 14.1. The zero-order valence-electron chi connectivity index (χ0n) is 17.3. The summed E-state index contributed by atoms with van der Waals surface area (Å²) in [6, 6.07) is 6.27. The van der Waals surface area contributed by atoms with Gasteiger partial charge in [-0.1, -0.05) is 18.9 Å². The molecule has 1 aromatic carbocycles. The molecule has 162 valence electrons. The molecule has 1 saturated carbocycles. The molecule has 1 aliphatic carbocycles. The number of likely N-dealkylation sites (tertiary alicyclic amines) is 1. The molecule has 2 aliphatic rings. The molecule has 1 aliphatic heterocycles. The van der Waals surface area contributed by atoms with E-state index in [1.54, 1.807) is 19.2 Å². The highest BCUT2D eigenvalue weighted by Crippen LogP contribution is 2.29. The van der Waals surface area contributed by atoms with E-state index in [-0.39, 0.29) is 5.75 Å². The first-order valence-electron chi connectivity index (χ1n) is 10.4. The molecule has 0 bridgehead atoms. The predicted octanol–water partition coefficient (Wildman–Crippen LogP) is 3.02. The Labute approximate surface area is 171 Å². The van der Waals surface area contributed by atoms with Gasteiger partial charge in [-0.3, -0.25) is 9.89 Å². The highest BCUT2D eigenvalue weighted by Gasteiger charge is 2.30. The Bertz CT molecular complexity index is 681. The largest absolute Gasteiger partial charge is 0.493 e. The molecule has 3 rings (SSSR count). The molecule has 1 heterocycles. The molecule has 6 nitrogen and oxygen atoms in total. The van der Waals surface area contributed by atoms with Crippen molar-refractivity contribution in [2.45, 2.75) is 57.2 Å². The molecular formula is C21H32F2N4O2. The van der Waals surface area contributed by atoms with Gasteiger partial charge in [0.1, 0.15) is 0 Å². The summed E-state index contributed by atoms with van der Waals surface area (Å²) in [7, 11) is 3.20. The summed E-state index contributed by atoms with van der Waals surface area (Å²) in [6.45, 7) is -0.0226. The van der Waals surface area contributed by atoms with Crippen molar-refractivity contribution >= 4 is 5.96 Å². The molecule has 1 aromatic rings. The van der Waals surface area contributed by atoms with Crippen LogP contribution in [0.5, 0.6) is 11.5 Å². The highest BCUT2D eigenvalue weighted by molar-refractivity contribution is 5.80. The van der Waals surface area contributed by atoms with Gasteiger partial charge in [0.15, 0.2) is 17.5 Å². The van der Waals surface area contributed by atoms with Crippen LogP contribution in [-0.2, 0) is 6.42 Å². The summed E-state index contributed by atoms with van der Waals surface area (Å²) in [6.07, 6.45) is 7.17. The lowest BCUT2D eigenvalue weighted by molar-refractivity contribution is -0.0512. The number of aliphatic imine (C=N–C) groups is 1. The van der Waals surface area contributed by atoms with Crippen molar-refractivity contribution < 1.29 is 18.3 Å². The van der Waals surface area contributed by atoms with Gasteiger partial charge in [0.2, 0.25) is 0 Å². The third kappa shape index (κ3) is 6.19. The fraction of sp³-hybridized carbons (Fsp3) is 0.667. The second-order valence-electron chi connectivity index (χ2n) is 7.68. The number of benzene rings is 1. The maximum atomic E-state index is 12.6. The lowest BCUT2D eigenvalue weighted by Gasteiger charge is -2.24. The predicted molar refractivity (Wildman–Crippen MR) is 110 cm³/mol. The molecule has 2 fully saturated rings. The van der Waals surface area contributed by atoms with E-state index in [4.69, 9.17) is 4.74 Å². The molecule has 29 heavy (non-hydrogen) atoms. The zero-order chi connectivity index (χ0) is 20.6. The fourth-order valence-corrected chi connectivity index (χ4v) is 4.28. The first kappa shape index (κ1) is 21.6. The third-order valence-corrected chi connectivity index (χ3v) is 5.78. The molecule has 0 aromatic heterocycles. The van der Waals surface area contributed by atoms with Crippen LogP contribution in [0.1, 0.15) is 37.7 Å². The van der Waals surface area contributed by atoms with Crippen LogP contribution in [-0.4, -0.2) is 63.3 Å². The van der Waals surface area contributed by atoms with Crippen LogP contribution >= 0.6 is 0 Å². The van der Waals surface area contributed by atoms with E-state index >= 15 is 0 Å². The number of nitrogens with zero attached hydrogens (tertiary/aromatic N) is 2. The molecule has 0 amide bonds. The summed E-state index contributed by atoms with van der Waals surface area (Å²) in [5.74, 6) is 1.13. The van der Waals surface area contributed by atoms with Crippen molar-refractivity contribution in [2.75, 3.05) is 33.8 Å². The quantitative estimate of drug-likeness (QED) is 0.510. The monoisotopic (exact) mass is 410 g/mol. The molecule has 2 N–H and O–H groups in total. The SMILES string of the molecule is CN=C(NCCc1ccc(OC)c(OC(F)F)c1)NC1CCN(C2CCCC2)C1. The molecule has 1 atom stereocenters. The van der Waals surface area contributed by atoms with Gasteiger partial charge in [0.25, 0.3) is 0 Å². The van der Waals surface area contributed by atoms with Gasteiger partial charge in [-0.15, -0.1) is 0 Å². The molecule has 1 unspecified atom stereocenters. The van der Waals surface area contributed by atoms with Crippen LogP contribution in [0, 0.1) is 0 Å². The van der Waals surface area contributed by atoms with Crippen LogP contribution in [0.3, 0.4) is 0 Å². The van der Waals surface area contributed by atoms with Crippen molar-refractivity contribution in [1.29, 1.82) is 0 Å². The van der Waals surface area contributed by atoms with Gasteiger partial charge < -0.3 is 20.1 Å². The van der Waals surface area contributed by atoms with Crippen molar-refractivity contribution in [2.24, 2.45) is 4.99 Å². The zero-order valence-corrected chi connectivity index (χ0v) is 17.3. The number of nitrogens with one attached hydrogen (secondary N) is 2. The molecular weight excluding hydrogens is 378 g/mol. The molecule has 0 spiro atoms. The van der Waals surface area contributed by atoms with Crippen molar-refractivity contribution in [1.82, 2.24) is 15.5 Å². The Balaban J connectivity index is 1.45. The summed E-state index contributed by atoms with van der Waals surface area (Å²) in [5.41, 5.74) is 0.887. The van der Waals surface area contributed by atoms with E-state index in [1.165, 1.54) is 32.8 Å². The normalized spacial score (nSPS) is 21.0. The molecule has 0 radical (unpaired) electrons. The summed E-state index contributed by atoms with van der Waals surface area (Å²) >= 11 is 0. The van der Waals surface area contributed by atoms with Crippen LogP contribution in [0.25, 0.3) is 0 Å². The summed E-state index contributed by atoms with van der Waals surface area (Å²) in [4.78, 5) is 6.93. The van der Waals surface area contributed by atoms with E-state index in [1.807, 2.05) is 6.07 Å². The number of guanidine groups is 1. The van der Waals surface area contributed by atoms with Gasteiger partial charge in [-0.25, -0.2) is 0 Å². The minimum Gasteiger partial charge on any atom is -0.493 e. The molecule has 8 heteroatoms. The summed E-state index contributed by atoms with van der Waals surface area (Å²) < 4.78 is 34.8. The Hall–Kier alpha value is -2.09. The lowest BCUT2D eigenvalue weighted by atomic mass is 10.1. The topological polar surface area (TPSA) is 58.1 Å². The van der Waals surface area contributed by atoms with E-state index in [9.17, 15) is 8.78 Å². The number of halogens is 2. The Kier molecular flexibility index (Phi) is 7.91. The van der Waals surface area contributed by atoms with Crippen LogP contribution in [0.15, 0.2) is 23.2 Å². The van der Waals surface area contributed by atoms with Gasteiger partial charge in [0, 0.05) is 38.8 Å². The molecule has 1 saturated heterocycles. The van der Waals surface area contributed by atoms with Crippen molar-refractivity contribution in [3.8, 4) is 11.5 Å². The second-order valence-corrected chi connectivity index (χ2v) is 7.68. The highest BCUT2D eigenvalue weighted by atomic mass is 19.3. The van der Waals surface area contributed by atoms with Crippen LogP contribution < -0.4 is 20.1 Å². The van der Waals surface area contributed by atoms with Crippen LogP contribution in [0.4, 0.5) is 8.78 Å². The van der Waals surface area contributed by atoms with Gasteiger partial charge in [-0.2, -0.15) is 8.78 Å². The number of alkyl halides is 2. The van der Waals surface area contributed by atoms with E-state index in [0.717, 1.165) is 37.1 Å². The van der Waals surface area contributed by atoms with E-state index in [2.05, 4.69) is 25.3 Å². The number of ether oxygens (including phenoxy) is 2. The Morgan fingerprint density at radius 3 is 2.72 bits per heavy atom. The Morgan fingerprint density at radius 2 is 2.03 bits per heavy atom. The number of hydrogen-bond acceptors (Lipinski definition) is 4. The fourth-order valence-electron chi connectivity index (χ4n) is 4.28. The van der Waals surface area contributed by atoms with Crippen molar-refractivity contribution in [3.05, 3.63) is 23.8 Å². The smallest absolute Gasteiger partial charge is 0.387 e. The maximum Gasteiger partial charge on any atom is 0.387 e. The van der Waals surface area contributed by atoms with Gasteiger partial charge in [-0.05, 0) is 43.4 Å². The van der Waals surface area contributed by atoms with Crippen LogP contribution in [0.2, 0.25) is 0 Å². The maximum absolute atomic E-state index is 12.6. The van der Waals surface area contributed by atoms with E-state index in [0.29, 0.717) is 24.8 Å². The third-order valence-electron chi connectivity index (χ3n) is 5.78. The minimum absolute atomic E-state index is 0.0560. The standard InChI is InChI=1S/C21H32F2N4O2/c1-24-21(26-16-10-12-27(14-16)17-5-3-4-6-17)25-11-9-15-7-8-18(28-2)19(13-15)29-20(22)23/h7-8,13,16-17,20H,3-6,9-12,14H2,1-2H3,(H2,24,25,26). The second kappa shape index (κ2) is 10.6. The Morgan fingerprint density at radius 1 is 1.24 bits per heavy atom. The average Bonchev–Trinajstić information content (AvgIpc) is 3.38. The first-order valence-corrected chi connectivity index (χ1v) is 10.4. The lowest BCUT2D eigenvalue weighted by Crippen LogP contribution is -2.45. The summed E-state index contributed by atoms with van der Waals surface area (Å²) in [5, 5.41) is 6.83. The number of methoxy groups -OCH3 is 1. The van der Waals surface area contributed by atoms with Gasteiger partial charge in [0.05, 0.1) is 7.11 Å². The van der Waals surface area contributed by atoms with Crippen molar-refractivity contribution in [3.63, 3.8) is 0 Å². The minimum atomic E-state index is -2.88. The average molecular weight is 411 g/mol. The van der Waals surface area contributed by atoms with E-state index < -0.39 is 6.61 Å².